The number of carbonyl (C=O) groups is 2. The smallest absolute Gasteiger partial charge is 0.317 e. The van der Waals surface area contributed by atoms with Crippen LogP contribution in [-0.2, 0) is 9.59 Å². The van der Waals surface area contributed by atoms with E-state index in [0.717, 1.165) is 18.6 Å². The van der Waals surface area contributed by atoms with Gasteiger partial charge in [0.15, 0.2) is 0 Å². The van der Waals surface area contributed by atoms with E-state index in [0.29, 0.717) is 11.7 Å². The Morgan fingerprint density at radius 1 is 1.33 bits per heavy atom. The highest BCUT2D eigenvalue weighted by Crippen LogP contribution is 2.31. The molecule has 0 heterocycles. The molecular formula is C14H26O3S. The van der Waals surface area contributed by atoms with E-state index in [9.17, 15) is 9.59 Å². The number of unbranched alkanes of at least 4 members (excludes halogenated alkanes) is 1. The second-order valence-electron chi connectivity index (χ2n) is 5.07. The van der Waals surface area contributed by atoms with E-state index in [-0.39, 0.29) is 6.42 Å². The normalized spacial score (nSPS) is 13.3. The van der Waals surface area contributed by atoms with E-state index in [1.807, 2.05) is 0 Å². The number of hydrogen-bond donors (Lipinski definition) is 1. The average molecular weight is 274 g/mol. The molecule has 0 saturated carbocycles. The van der Waals surface area contributed by atoms with Crippen LogP contribution in [0.15, 0.2) is 0 Å². The Balaban J connectivity index is 3.78. The van der Waals surface area contributed by atoms with Gasteiger partial charge in [0, 0.05) is 6.42 Å². The third-order valence-electron chi connectivity index (χ3n) is 3.79. The van der Waals surface area contributed by atoms with Crippen LogP contribution in [0.4, 0.5) is 0 Å². The Hall–Kier alpha value is -0.510. The fourth-order valence-corrected chi connectivity index (χ4v) is 2.82. The quantitative estimate of drug-likeness (QED) is 0.460. The standard InChI is InChI=1S/C14H26O3S/c1-4-14(3,5-2)9-6-7-11-18-12(8-10-15)13(16)17/h10,12H,4-9,11H2,1-3H3,(H,16,17). The molecule has 0 radical (unpaired) electrons. The van der Waals surface area contributed by atoms with Gasteiger partial charge in [0.1, 0.15) is 11.5 Å². The molecule has 0 aromatic carbocycles. The van der Waals surface area contributed by atoms with Gasteiger partial charge in [-0.25, -0.2) is 0 Å². The van der Waals surface area contributed by atoms with Gasteiger partial charge in [-0.1, -0.05) is 40.0 Å². The Bertz CT molecular complexity index is 249. The van der Waals surface area contributed by atoms with E-state index < -0.39 is 11.2 Å². The number of aliphatic carboxylic acids is 1. The molecule has 0 aliphatic carbocycles. The lowest BCUT2D eigenvalue weighted by atomic mass is 9.80. The SMILES string of the molecule is CCC(C)(CC)CCCCSC(CC=O)C(=O)O. The summed E-state index contributed by atoms with van der Waals surface area (Å²) in [5.41, 5.74) is 0.430. The van der Waals surface area contributed by atoms with E-state index in [1.54, 1.807) is 0 Å². The molecule has 0 saturated heterocycles. The van der Waals surface area contributed by atoms with Crippen molar-refractivity contribution in [2.45, 2.75) is 64.5 Å². The Labute approximate surface area is 115 Å². The van der Waals surface area contributed by atoms with Gasteiger partial charge in [0.25, 0.3) is 0 Å². The van der Waals surface area contributed by atoms with Gasteiger partial charge in [-0.3, -0.25) is 4.79 Å². The fourth-order valence-electron chi connectivity index (χ4n) is 1.81. The van der Waals surface area contributed by atoms with E-state index in [4.69, 9.17) is 5.11 Å². The van der Waals surface area contributed by atoms with E-state index in [2.05, 4.69) is 20.8 Å². The minimum Gasteiger partial charge on any atom is -0.480 e. The zero-order valence-electron chi connectivity index (χ0n) is 11.8. The number of carbonyl (C=O) groups excluding carboxylic acids is 1. The lowest BCUT2D eigenvalue weighted by molar-refractivity contribution is -0.137. The summed E-state index contributed by atoms with van der Waals surface area (Å²) in [6.45, 7) is 6.76. The lowest BCUT2D eigenvalue weighted by Gasteiger charge is -2.26. The summed E-state index contributed by atoms with van der Waals surface area (Å²) in [7, 11) is 0. The minimum atomic E-state index is -0.876. The third-order valence-corrected chi connectivity index (χ3v) is 5.11. The molecule has 0 aromatic rings. The molecule has 1 atom stereocenters. The zero-order chi connectivity index (χ0) is 14.0. The molecule has 0 bridgehead atoms. The molecule has 4 heteroatoms. The summed E-state index contributed by atoms with van der Waals surface area (Å²) in [6.07, 6.45) is 6.56. The first-order valence-corrected chi connectivity index (χ1v) is 7.82. The molecule has 1 unspecified atom stereocenters. The van der Waals surface area contributed by atoms with Crippen LogP contribution < -0.4 is 0 Å². The maximum atomic E-state index is 10.8. The molecule has 0 aromatic heterocycles. The molecule has 0 rings (SSSR count). The van der Waals surface area contributed by atoms with Crippen molar-refractivity contribution in [1.29, 1.82) is 0 Å². The molecule has 1 N–H and O–H groups in total. The second-order valence-corrected chi connectivity index (χ2v) is 6.39. The predicted molar refractivity (Wildman–Crippen MR) is 77.1 cm³/mol. The van der Waals surface area contributed by atoms with Gasteiger partial charge in [-0.2, -0.15) is 0 Å². The van der Waals surface area contributed by atoms with Gasteiger partial charge in [0.05, 0.1) is 0 Å². The third kappa shape index (κ3) is 7.04. The zero-order valence-corrected chi connectivity index (χ0v) is 12.6. The van der Waals surface area contributed by atoms with Crippen LogP contribution in [0.2, 0.25) is 0 Å². The first kappa shape index (κ1) is 17.5. The van der Waals surface area contributed by atoms with Crippen LogP contribution >= 0.6 is 11.8 Å². The van der Waals surface area contributed by atoms with Gasteiger partial charge in [-0.05, 0) is 24.0 Å². The lowest BCUT2D eigenvalue weighted by Crippen LogP contribution is -2.17. The van der Waals surface area contributed by atoms with Gasteiger partial charge >= 0.3 is 5.97 Å². The van der Waals surface area contributed by atoms with Crippen molar-refractivity contribution in [3.05, 3.63) is 0 Å². The first-order valence-electron chi connectivity index (χ1n) is 6.77. The summed E-state index contributed by atoms with van der Waals surface area (Å²) in [4.78, 5) is 21.2. The van der Waals surface area contributed by atoms with Crippen molar-refractivity contribution in [3.63, 3.8) is 0 Å². The maximum Gasteiger partial charge on any atom is 0.317 e. The summed E-state index contributed by atoms with van der Waals surface area (Å²) >= 11 is 1.39. The van der Waals surface area contributed by atoms with Crippen LogP contribution in [0.5, 0.6) is 0 Å². The van der Waals surface area contributed by atoms with Crippen molar-refractivity contribution >= 4 is 24.0 Å². The summed E-state index contributed by atoms with van der Waals surface area (Å²) in [5, 5.41) is 8.32. The number of hydrogen-bond acceptors (Lipinski definition) is 3. The topological polar surface area (TPSA) is 54.4 Å². The summed E-state index contributed by atoms with van der Waals surface area (Å²) in [5.74, 6) is -0.0482. The Morgan fingerprint density at radius 3 is 2.39 bits per heavy atom. The van der Waals surface area contributed by atoms with Crippen molar-refractivity contribution < 1.29 is 14.7 Å². The number of carboxylic acids is 1. The number of thioether (sulfide) groups is 1. The van der Waals surface area contributed by atoms with Crippen molar-refractivity contribution in [1.82, 2.24) is 0 Å². The van der Waals surface area contributed by atoms with Crippen molar-refractivity contribution in [2.75, 3.05) is 5.75 Å². The largest absolute Gasteiger partial charge is 0.480 e. The van der Waals surface area contributed by atoms with Gasteiger partial charge in [0.2, 0.25) is 0 Å². The summed E-state index contributed by atoms with van der Waals surface area (Å²) in [6, 6.07) is 0. The van der Waals surface area contributed by atoms with Crippen LogP contribution in [0.25, 0.3) is 0 Å². The van der Waals surface area contributed by atoms with Crippen LogP contribution in [0.1, 0.15) is 59.3 Å². The summed E-state index contributed by atoms with van der Waals surface area (Å²) < 4.78 is 0. The number of carboxylic acid groups (broad SMARTS) is 1. The van der Waals surface area contributed by atoms with Gasteiger partial charge < -0.3 is 9.90 Å². The molecule has 0 spiro atoms. The maximum absolute atomic E-state index is 10.8. The monoisotopic (exact) mass is 274 g/mol. The average Bonchev–Trinajstić information content (AvgIpc) is 2.36. The van der Waals surface area contributed by atoms with Crippen molar-refractivity contribution in [2.24, 2.45) is 5.41 Å². The van der Waals surface area contributed by atoms with Gasteiger partial charge in [-0.15, -0.1) is 11.8 Å². The van der Waals surface area contributed by atoms with Crippen LogP contribution in [-0.4, -0.2) is 28.4 Å². The molecule has 3 nitrogen and oxygen atoms in total. The van der Waals surface area contributed by atoms with Crippen LogP contribution in [0.3, 0.4) is 0 Å². The molecule has 18 heavy (non-hydrogen) atoms. The first-order chi connectivity index (χ1) is 8.49. The highest BCUT2D eigenvalue weighted by atomic mass is 32.2. The number of aldehydes is 1. The highest BCUT2D eigenvalue weighted by molar-refractivity contribution is 8.00. The molecular weight excluding hydrogens is 248 g/mol. The second kappa shape index (κ2) is 9.42. The molecule has 0 aliphatic heterocycles. The predicted octanol–water partition coefficient (Wildman–Crippen LogP) is 3.76. The molecule has 0 fully saturated rings. The minimum absolute atomic E-state index is 0.113. The molecule has 0 amide bonds. The van der Waals surface area contributed by atoms with E-state index in [1.165, 1.54) is 31.0 Å². The Kier molecular flexibility index (Phi) is 9.16. The molecule has 0 aliphatic rings. The fraction of sp³-hybridized carbons (Fsp3) is 0.857. The molecule has 106 valence electrons. The highest BCUT2D eigenvalue weighted by Gasteiger charge is 2.19. The van der Waals surface area contributed by atoms with Crippen LogP contribution in [0, 0.1) is 5.41 Å². The van der Waals surface area contributed by atoms with Crippen molar-refractivity contribution in [3.8, 4) is 0 Å². The number of rotatable bonds is 11. The Morgan fingerprint density at radius 2 is 1.94 bits per heavy atom. The van der Waals surface area contributed by atoms with E-state index >= 15 is 0 Å².